The van der Waals surface area contributed by atoms with E-state index in [2.05, 4.69) is 22.3 Å². The van der Waals surface area contributed by atoms with Gasteiger partial charge in [-0.3, -0.25) is 4.79 Å². The van der Waals surface area contributed by atoms with Crippen LogP contribution >= 0.6 is 23.2 Å². The molecule has 2 rings (SSSR count). The number of hydrogen-bond acceptors (Lipinski definition) is 3. The Morgan fingerprint density at radius 2 is 1.75 bits per heavy atom. The lowest BCUT2D eigenvalue weighted by Crippen LogP contribution is -2.31. The summed E-state index contributed by atoms with van der Waals surface area (Å²) in [6, 6.07) is 15.2. The Kier molecular flexibility index (Phi) is 7.22. The molecule has 0 atom stereocenters. The van der Waals surface area contributed by atoms with Crippen molar-refractivity contribution in [2.75, 3.05) is 31.6 Å². The SMILES string of the molecule is CN(CCCNC(=O)COc1c(Cl)cccc1Cl)c1ccccc1. The Morgan fingerprint density at radius 1 is 1.08 bits per heavy atom. The molecule has 0 heterocycles. The van der Waals surface area contributed by atoms with E-state index in [-0.39, 0.29) is 12.5 Å². The molecule has 2 aromatic rings. The Morgan fingerprint density at radius 3 is 2.42 bits per heavy atom. The van der Waals surface area contributed by atoms with E-state index in [0.29, 0.717) is 22.3 Å². The van der Waals surface area contributed by atoms with Crippen LogP contribution in [-0.4, -0.2) is 32.7 Å². The first-order valence-electron chi connectivity index (χ1n) is 7.67. The Labute approximate surface area is 152 Å². The highest BCUT2D eigenvalue weighted by Crippen LogP contribution is 2.32. The van der Waals surface area contributed by atoms with Crippen LogP contribution < -0.4 is 15.0 Å². The zero-order valence-electron chi connectivity index (χ0n) is 13.5. The van der Waals surface area contributed by atoms with Crippen molar-refractivity contribution in [1.29, 1.82) is 0 Å². The molecular weight excluding hydrogens is 347 g/mol. The maximum absolute atomic E-state index is 11.8. The van der Waals surface area contributed by atoms with Crippen LogP contribution in [-0.2, 0) is 4.79 Å². The van der Waals surface area contributed by atoms with E-state index in [0.717, 1.165) is 18.7 Å². The van der Waals surface area contributed by atoms with Gasteiger partial charge < -0.3 is 15.0 Å². The highest BCUT2D eigenvalue weighted by molar-refractivity contribution is 6.37. The number of carbonyl (C=O) groups is 1. The van der Waals surface area contributed by atoms with Crippen molar-refractivity contribution in [3.05, 3.63) is 58.6 Å². The van der Waals surface area contributed by atoms with Gasteiger partial charge in [-0.2, -0.15) is 0 Å². The van der Waals surface area contributed by atoms with Gasteiger partial charge in [-0.1, -0.05) is 47.5 Å². The van der Waals surface area contributed by atoms with Crippen LogP contribution in [0.1, 0.15) is 6.42 Å². The van der Waals surface area contributed by atoms with E-state index in [4.69, 9.17) is 27.9 Å². The molecule has 0 aromatic heterocycles. The van der Waals surface area contributed by atoms with Crippen molar-refractivity contribution in [3.63, 3.8) is 0 Å². The number of benzene rings is 2. The van der Waals surface area contributed by atoms with Gasteiger partial charge in [0, 0.05) is 25.8 Å². The summed E-state index contributed by atoms with van der Waals surface area (Å²) in [5, 5.41) is 3.60. The van der Waals surface area contributed by atoms with E-state index in [1.807, 2.05) is 25.2 Å². The number of amides is 1. The minimum atomic E-state index is -0.201. The van der Waals surface area contributed by atoms with E-state index in [1.165, 1.54) is 0 Å². The molecule has 0 saturated heterocycles. The maximum atomic E-state index is 11.8. The third-order valence-electron chi connectivity index (χ3n) is 3.46. The smallest absolute Gasteiger partial charge is 0.257 e. The second kappa shape index (κ2) is 9.40. The average Bonchev–Trinajstić information content (AvgIpc) is 2.59. The number of ether oxygens (including phenoxy) is 1. The summed E-state index contributed by atoms with van der Waals surface area (Å²) in [6.07, 6.45) is 0.837. The quantitative estimate of drug-likeness (QED) is 0.717. The van der Waals surface area contributed by atoms with E-state index in [1.54, 1.807) is 18.2 Å². The summed E-state index contributed by atoms with van der Waals surface area (Å²) < 4.78 is 5.39. The molecule has 4 nitrogen and oxygen atoms in total. The molecule has 0 unspecified atom stereocenters. The van der Waals surface area contributed by atoms with E-state index >= 15 is 0 Å². The van der Waals surface area contributed by atoms with Gasteiger partial charge in [0.15, 0.2) is 12.4 Å². The van der Waals surface area contributed by atoms with Crippen LogP contribution in [0.3, 0.4) is 0 Å². The van der Waals surface area contributed by atoms with Crippen molar-refractivity contribution >= 4 is 34.8 Å². The molecule has 6 heteroatoms. The van der Waals surface area contributed by atoms with Crippen LogP contribution in [0, 0.1) is 0 Å². The van der Waals surface area contributed by atoms with Crippen LogP contribution in [0.5, 0.6) is 5.75 Å². The zero-order valence-corrected chi connectivity index (χ0v) is 15.0. The topological polar surface area (TPSA) is 41.6 Å². The predicted molar refractivity (Wildman–Crippen MR) is 99.3 cm³/mol. The molecule has 0 fully saturated rings. The van der Waals surface area contributed by atoms with Crippen LogP contribution in [0.2, 0.25) is 10.0 Å². The van der Waals surface area contributed by atoms with Crippen LogP contribution in [0.15, 0.2) is 48.5 Å². The molecule has 0 saturated carbocycles. The number of hydrogen-bond donors (Lipinski definition) is 1. The largest absolute Gasteiger partial charge is 0.481 e. The summed E-state index contributed by atoms with van der Waals surface area (Å²) in [5.74, 6) is 0.133. The molecule has 128 valence electrons. The second-order valence-electron chi connectivity index (χ2n) is 5.30. The third-order valence-corrected chi connectivity index (χ3v) is 4.05. The Balaban J connectivity index is 1.67. The van der Waals surface area contributed by atoms with Gasteiger partial charge in [0.25, 0.3) is 5.91 Å². The third kappa shape index (κ3) is 5.62. The van der Waals surface area contributed by atoms with Crippen molar-refractivity contribution in [2.24, 2.45) is 0 Å². The van der Waals surface area contributed by atoms with Crippen molar-refractivity contribution in [3.8, 4) is 5.75 Å². The van der Waals surface area contributed by atoms with Gasteiger partial charge in [0.2, 0.25) is 0 Å². The van der Waals surface area contributed by atoms with Gasteiger partial charge in [0.1, 0.15) is 0 Å². The molecule has 24 heavy (non-hydrogen) atoms. The Bertz CT molecular complexity index is 645. The summed E-state index contributed by atoms with van der Waals surface area (Å²) in [6.45, 7) is 1.31. The fourth-order valence-corrected chi connectivity index (χ4v) is 2.67. The lowest BCUT2D eigenvalue weighted by molar-refractivity contribution is -0.123. The fraction of sp³-hybridized carbons (Fsp3) is 0.278. The number of para-hydroxylation sites is 2. The average molecular weight is 367 g/mol. The molecule has 0 aliphatic rings. The first-order valence-corrected chi connectivity index (χ1v) is 8.43. The summed E-state index contributed by atoms with van der Waals surface area (Å²) >= 11 is 12.0. The monoisotopic (exact) mass is 366 g/mol. The highest BCUT2D eigenvalue weighted by Gasteiger charge is 2.09. The number of nitrogens with one attached hydrogen (secondary N) is 1. The Hall–Kier alpha value is -1.91. The first kappa shape index (κ1) is 18.4. The zero-order chi connectivity index (χ0) is 17.4. The standard InChI is InChI=1S/C18H20Cl2N2O2/c1-22(14-7-3-2-4-8-14)12-6-11-21-17(23)13-24-18-15(19)9-5-10-16(18)20/h2-5,7-10H,6,11-13H2,1H3,(H,21,23). The number of carbonyl (C=O) groups excluding carboxylic acids is 1. The molecular formula is C18H20Cl2N2O2. The van der Waals surface area contributed by atoms with E-state index < -0.39 is 0 Å². The van der Waals surface area contributed by atoms with Crippen molar-refractivity contribution in [2.45, 2.75) is 6.42 Å². The summed E-state index contributed by atoms with van der Waals surface area (Å²) in [4.78, 5) is 14.0. The van der Waals surface area contributed by atoms with Gasteiger partial charge >= 0.3 is 0 Å². The lowest BCUT2D eigenvalue weighted by atomic mass is 10.3. The van der Waals surface area contributed by atoms with Crippen molar-refractivity contribution in [1.82, 2.24) is 5.32 Å². The van der Waals surface area contributed by atoms with Crippen molar-refractivity contribution < 1.29 is 9.53 Å². The highest BCUT2D eigenvalue weighted by atomic mass is 35.5. The number of halogens is 2. The second-order valence-corrected chi connectivity index (χ2v) is 6.11. The molecule has 0 radical (unpaired) electrons. The molecule has 1 amide bonds. The minimum absolute atomic E-state index is 0.113. The van der Waals surface area contributed by atoms with Gasteiger partial charge in [-0.15, -0.1) is 0 Å². The summed E-state index contributed by atoms with van der Waals surface area (Å²) in [7, 11) is 2.03. The van der Waals surface area contributed by atoms with Crippen LogP contribution in [0.4, 0.5) is 5.69 Å². The normalized spacial score (nSPS) is 10.3. The fourth-order valence-electron chi connectivity index (χ4n) is 2.16. The number of anilines is 1. The maximum Gasteiger partial charge on any atom is 0.257 e. The number of rotatable bonds is 8. The minimum Gasteiger partial charge on any atom is -0.481 e. The molecule has 1 N–H and O–H groups in total. The molecule has 0 spiro atoms. The molecule has 0 bridgehead atoms. The number of nitrogens with zero attached hydrogens (tertiary/aromatic N) is 1. The molecule has 2 aromatic carbocycles. The van der Waals surface area contributed by atoms with Gasteiger partial charge in [-0.25, -0.2) is 0 Å². The lowest BCUT2D eigenvalue weighted by Gasteiger charge is -2.19. The molecule has 0 aliphatic heterocycles. The van der Waals surface area contributed by atoms with E-state index in [9.17, 15) is 4.79 Å². The molecule has 0 aliphatic carbocycles. The summed E-state index contributed by atoms with van der Waals surface area (Å²) in [5.41, 5.74) is 1.15. The van der Waals surface area contributed by atoms with Gasteiger partial charge in [0.05, 0.1) is 10.0 Å². The predicted octanol–water partition coefficient (Wildman–Crippen LogP) is 4.01. The first-order chi connectivity index (χ1) is 11.6. The van der Waals surface area contributed by atoms with Crippen LogP contribution in [0.25, 0.3) is 0 Å². The van der Waals surface area contributed by atoms with Gasteiger partial charge in [-0.05, 0) is 30.7 Å².